The number of likely N-dealkylation sites (N-methyl/N-ethyl adjacent to an activating group) is 2. The smallest absolute Gasteiger partial charge is 0.329 e. The molecule has 1 unspecified atom stereocenters. The molecule has 1 heterocycles. The van der Waals surface area contributed by atoms with E-state index >= 15 is 0 Å². The number of imide groups is 1. The van der Waals surface area contributed by atoms with Crippen LogP contribution in [0, 0.1) is 0 Å². The molecule has 7 nitrogen and oxygen atoms in total. The predicted octanol–water partition coefficient (Wildman–Crippen LogP) is 2.30. The largest absolute Gasteiger partial charge is 0.344 e. The molecule has 2 rings (SSSR count). The molecule has 0 saturated carbocycles. The molecule has 1 fully saturated rings. The van der Waals surface area contributed by atoms with E-state index < -0.39 is 18.0 Å². The molecule has 4 amide bonds. The highest BCUT2D eigenvalue weighted by Crippen LogP contribution is 2.29. The third-order valence-corrected chi connectivity index (χ3v) is 4.69. The van der Waals surface area contributed by atoms with Gasteiger partial charge in [-0.1, -0.05) is 23.2 Å². The van der Waals surface area contributed by atoms with Crippen molar-refractivity contribution in [1.82, 2.24) is 15.5 Å². The first-order valence-electron chi connectivity index (χ1n) is 7.83. The Morgan fingerprint density at radius 3 is 2.62 bits per heavy atom. The van der Waals surface area contributed by atoms with Crippen LogP contribution in [0.1, 0.15) is 12.8 Å². The summed E-state index contributed by atoms with van der Waals surface area (Å²) in [6, 6.07) is 3.26. The van der Waals surface area contributed by atoms with Gasteiger partial charge in [-0.25, -0.2) is 9.69 Å². The van der Waals surface area contributed by atoms with E-state index in [1.807, 2.05) is 7.05 Å². The lowest BCUT2D eigenvalue weighted by atomic mass is 10.1. The first kappa shape index (κ1) is 22.5. The minimum atomic E-state index is -0.733. The Labute approximate surface area is 168 Å². The first-order chi connectivity index (χ1) is 11.8. The van der Waals surface area contributed by atoms with Gasteiger partial charge in [0.2, 0.25) is 5.91 Å². The van der Waals surface area contributed by atoms with Crippen LogP contribution >= 0.6 is 35.6 Å². The Bertz CT molecular complexity index is 687. The normalized spacial score (nSPS) is 16.3. The minimum absolute atomic E-state index is 0. The van der Waals surface area contributed by atoms with Crippen LogP contribution in [-0.4, -0.2) is 56.0 Å². The Kier molecular flexibility index (Phi) is 8.62. The van der Waals surface area contributed by atoms with Crippen LogP contribution in [-0.2, 0) is 9.59 Å². The van der Waals surface area contributed by atoms with Crippen molar-refractivity contribution in [3.8, 4) is 0 Å². The Morgan fingerprint density at radius 2 is 2.00 bits per heavy atom. The molecule has 10 heteroatoms. The molecule has 0 aromatic heterocycles. The van der Waals surface area contributed by atoms with Crippen molar-refractivity contribution in [1.29, 1.82) is 0 Å². The summed E-state index contributed by atoms with van der Waals surface area (Å²) in [4.78, 5) is 39.3. The molecule has 1 aliphatic heterocycles. The van der Waals surface area contributed by atoms with Gasteiger partial charge < -0.3 is 15.5 Å². The molecule has 144 valence electrons. The van der Waals surface area contributed by atoms with Gasteiger partial charge in [-0.05, 0) is 31.7 Å². The molecular weight excluding hydrogens is 403 g/mol. The van der Waals surface area contributed by atoms with Gasteiger partial charge in [0.25, 0.3) is 5.91 Å². The second-order valence-electron chi connectivity index (χ2n) is 5.73. The second kappa shape index (κ2) is 9.97. The van der Waals surface area contributed by atoms with Gasteiger partial charge in [-0.3, -0.25) is 9.59 Å². The molecular formula is C16H21Cl3N4O3. The van der Waals surface area contributed by atoms with Crippen LogP contribution in [0.15, 0.2) is 18.2 Å². The summed E-state index contributed by atoms with van der Waals surface area (Å²) in [5.74, 6) is -0.487. The average Bonchev–Trinajstić information content (AvgIpc) is 2.86. The van der Waals surface area contributed by atoms with E-state index in [-0.39, 0.29) is 36.2 Å². The molecule has 1 aliphatic rings. The van der Waals surface area contributed by atoms with E-state index in [0.29, 0.717) is 23.8 Å². The summed E-state index contributed by atoms with van der Waals surface area (Å²) in [6.07, 6.45) is 0.414. The van der Waals surface area contributed by atoms with Crippen molar-refractivity contribution in [2.45, 2.75) is 18.9 Å². The van der Waals surface area contributed by atoms with E-state index in [1.165, 1.54) is 12.1 Å². The first-order valence-corrected chi connectivity index (χ1v) is 8.58. The molecule has 0 radical (unpaired) electrons. The number of halogens is 3. The number of nitrogens with one attached hydrogen (secondary N) is 2. The fourth-order valence-electron chi connectivity index (χ4n) is 2.46. The highest BCUT2D eigenvalue weighted by Gasteiger charge is 2.39. The van der Waals surface area contributed by atoms with Crippen LogP contribution in [0.4, 0.5) is 10.5 Å². The maximum absolute atomic E-state index is 12.5. The number of urea groups is 1. The zero-order valence-electron chi connectivity index (χ0n) is 14.4. The highest BCUT2D eigenvalue weighted by molar-refractivity contribution is 6.42. The summed E-state index contributed by atoms with van der Waals surface area (Å²) >= 11 is 11.8. The SMILES string of the molecule is CNCCN(C)C(=O)CCC1NC(=O)N(c2ccc(Cl)c(Cl)c2)C1=O.Cl. The van der Waals surface area contributed by atoms with E-state index in [2.05, 4.69) is 10.6 Å². The molecule has 1 saturated heterocycles. The van der Waals surface area contributed by atoms with Crippen LogP contribution in [0.5, 0.6) is 0 Å². The fourth-order valence-corrected chi connectivity index (χ4v) is 2.75. The quantitative estimate of drug-likeness (QED) is 0.659. The van der Waals surface area contributed by atoms with Crippen molar-refractivity contribution in [3.05, 3.63) is 28.2 Å². The van der Waals surface area contributed by atoms with Gasteiger partial charge in [-0.15, -0.1) is 12.4 Å². The van der Waals surface area contributed by atoms with Crippen molar-refractivity contribution >= 4 is 59.1 Å². The number of hydrogen-bond acceptors (Lipinski definition) is 4. The Balaban J connectivity index is 0.00000338. The lowest BCUT2D eigenvalue weighted by Gasteiger charge is -2.17. The minimum Gasteiger partial charge on any atom is -0.344 e. The van der Waals surface area contributed by atoms with Gasteiger partial charge in [0.15, 0.2) is 0 Å². The van der Waals surface area contributed by atoms with Crippen molar-refractivity contribution in [2.75, 3.05) is 32.1 Å². The third-order valence-electron chi connectivity index (χ3n) is 3.95. The molecule has 0 spiro atoms. The zero-order valence-corrected chi connectivity index (χ0v) is 16.7. The van der Waals surface area contributed by atoms with Gasteiger partial charge in [0, 0.05) is 26.6 Å². The number of benzene rings is 1. The second-order valence-corrected chi connectivity index (χ2v) is 6.55. The number of anilines is 1. The summed E-state index contributed by atoms with van der Waals surface area (Å²) in [5.41, 5.74) is 0.344. The number of carbonyl (C=O) groups is 3. The summed E-state index contributed by atoms with van der Waals surface area (Å²) in [5, 5.41) is 6.16. The Hall–Kier alpha value is -1.54. The standard InChI is InChI=1S/C16H20Cl2N4O3.ClH/c1-19-7-8-21(2)14(23)6-5-13-15(24)22(16(25)20-13)10-3-4-11(17)12(18)9-10;/h3-4,9,13,19H,5-8H2,1-2H3,(H,20,25);1H. The summed E-state index contributed by atoms with van der Waals surface area (Å²) in [7, 11) is 3.51. The molecule has 0 aliphatic carbocycles. The predicted molar refractivity (Wildman–Crippen MR) is 104 cm³/mol. The molecule has 0 bridgehead atoms. The lowest BCUT2D eigenvalue weighted by Crippen LogP contribution is -2.35. The van der Waals surface area contributed by atoms with Crippen molar-refractivity contribution in [3.63, 3.8) is 0 Å². The maximum Gasteiger partial charge on any atom is 0.329 e. The fraction of sp³-hybridized carbons (Fsp3) is 0.438. The topological polar surface area (TPSA) is 81.8 Å². The number of rotatable bonds is 7. The van der Waals surface area contributed by atoms with Gasteiger partial charge in [0.05, 0.1) is 15.7 Å². The number of carbonyl (C=O) groups excluding carboxylic acids is 3. The van der Waals surface area contributed by atoms with Gasteiger partial charge in [0.1, 0.15) is 6.04 Å². The molecule has 1 aromatic rings. The van der Waals surface area contributed by atoms with Gasteiger partial charge in [-0.2, -0.15) is 0 Å². The monoisotopic (exact) mass is 422 g/mol. The number of amides is 4. The van der Waals surface area contributed by atoms with E-state index in [1.54, 1.807) is 18.0 Å². The molecule has 26 heavy (non-hydrogen) atoms. The van der Waals surface area contributed by atoms with Crippen LogP contribution < -0.4 is 15.5 Å². The molecule has 1 aromatic carbocycles. The zero-order chi connectivity index (χ0) is 18.6. The van der Waals surface area contributed by atoms with E-state index in [9.17, 15) is 14.4 Å². The van der Waals surface area contributed by atoms with Crippen molar-refractivity contribution in [2.24, 2.45) is 0 Å². The lowest BCUT2D eigenvalue weighted by molar-refractivity contribution is -0.130. The van der Waals surface area contributed by atoms with Crippen LogP contribution in [0.25, 0.3) is 0 Å². The van der Waals surface area contributed by atoms with Crippen LogP contribution in [0.2, 0.25) is 10.0 Å². The number of nitrogens with zero attached hydrogens (tertiary/aromatic N) is 2. The Morgan fingerprint density at radius 1 is 1.31 bits per heavy atom. The average molecular weight is 424 g/mol. The summed E-state index contributed by atoms with van der Waals surface area (Å²) < 4.78 is 0. The third kappa shape index (κ3) is 5.23. The molecule has 1 atom stereocenters. The maximum atomic E-state index is 12.5. The molecule has 2 N–H and O–H groups in total. The number of hydrogen-bond donors (Lipinski definition) is 2. The summed E-state index contributed by atoms with van der Waals surface area (Å²) in [6.45, 7) is 1.27. The van der Waals surface area contributed by atoms with E-state index in [4.69, 9.17) is 23.2 Å². The van der Waals surface area contributed by atoms with Gasteiger partial charge >= 0.3 is 6.03 Å². The van der Waals surface area contributed by atoms with Crippen molar-refractivity contribution < 1.29 is 14.4 Å². The van der Waals surface area contributed by atoms with Crippen LogP contribution in [0.3, 0.4) is 0 Å². The highest BCUT2D eigenvalue weighted by atomic mass is 35.5. The van der Waals surface area contributed by atoms with E-state index in [0.717, 1.165) is 4.90 Å².